The number of benzene rings is 2. The summed E-state index contributed by atoms with van der Waals surface area (Å²) in [5, 5.41) is 7.06. The quantitative estimate of drug-likeness (QED) is 0.516. The maximum absolute atomic E-state index is 13.2. The fourth-order valence-electron chi connectivity index (χ4n) is 4.01. The third kappa shape index (κ3) is 3.53. The van der Waals surface area contributed by atoms with E-state index < -0.39 is 47.8 Å². The Balaban J connectivity index is 1.57. The number of rotatable bonds is 4. The number of nitrogens with zero attached hydrogens (tertiary/aromatic N) is 2. The minimum absolute atomic E-state index is 0.105. The molecule has 4 rings (SSSR count). The molecule has 0 radical (unpaired) electrons. The molecule has 10 heteroatoms. The molecule has 166 valence electrons. The Morgan fingerprint density at radius 3 is 2.56 bits per heavy atom. The van der Waals surface area contributed by atoms with E-state index in [9.17, 15) is 24.0 Å². The summed E-state index contributed by atoms with van der Waals surface area (Å²) in [5.74, 6) is -2.45. The van der Waals surface area contributed by atoms with Crippen LogP contribution in [0.25, 0.3) is 10.8 Å². The predicted octanol–water partition coefficient (Wildman–Crippen LogP) is 0.107. The SMILES string of the molecule is COC(=O)[C@@H]1CNC(=O)CN1C(=O)CN1C(=O)N[C@@](C)(c2ccc3ccccc3c2)C1=O. The summed E-state index contributed by atoms with van der Waals surface area (Å²) in [6.07, 6.45) is 0. The maximum Gasteiger partial charge on any atom is 0.330 e. The lowest BCUT2D eigenvalue weighted by Gasteiger charge is -2.34. The number of fused-ring (bicyclic) bond motifs is 1. The molecule has 0 saturated carbocycles. The normalized spacial score (nSPS) is 23.2. The summed E-state index contributed by atoms with van der Waals surface area (Å²) in [4.78, 5) is 64.4. The van der Waals surface area contributed by atoms with Gasteiger partial charge in [-0.1, -0.05) is 36.4 Å². The van der Waals surface area contributed by atoms with Crippen LogP contribution in [0.5, 0.6) is 0 Å². The van der Waals surface area contributed by atoms with Gasteiger partial charge in [-0.05, 0) is 29.3 Å². The highest BCUT2D eigenvalue weighted by molar-refractivity contribution is 6.09. The lowest BCUT2D eigenvalue weighted by molar-refractivity contribution is -0.156. The first kappa shape index (κ1) is 21.3. The van der Waals surface area contributed by atoms with Crippen molar-refractivity contribution in [3.8, 4) is 0 Å². The molecule has 0 bridgehead atoms. The van der Waals surface area contributed by atoms with Crippen molar-refractivity contribution in [3.05, 3.63) is 48.0 Å². The van der Waals surface area contributed by atoms with E-state index in [2.05, 4.69) is 10.6 Å². The van der Waals surface area contributed by atoms with Crippen LogP contribution in [0.3, 0.4) is 0 Å². The fourth-order valence-corrected chi connectivity index (χ4v) is 4.01. The van der Waals surface area contributed by atoms with Crippen LogP contribution in [-0.2, 0) is 29.5 Å². The van der Waals surface area contributed by atoms with Gasteiger partial charge in [-0.3, -0.25) is 19.3 Å². The van der Waals surface area contributed by atoms with Crippen molar-refractivity contribution in [2.24, 2.45) is 0 Å². The van der Waals surface area contributed by atoms with E-state index in [0.29, 0.717) is 5.56 Å². The van der Waals surface area contributed by atoms with Crippen molar-refractivity contribution in [2.75, 3.05) is 26.7 Å². The van der Waals surface area contributed by atoms with Crippen molar-refractivity contribution >= 4 is 40.5 Å². The largest absolute Gasteiger partial charge is 0.467 e. The van der Waals surface area contributed by atoms with Crippen LogP contribution in [0.2, 0.25) is 0 Å². The highest BCUT2D eigenvalue weighted by atomic mass is 16.5. The molecule has 2 N–H and O–H groups in total. The number of ether oxygens (including phenoxy) is 1. The average molecular weight is 438 g/mol. The molecule has 2 atom stereocenters. The molecule has 0 aromatic heterocycles. The number of carbonyl (C=O) groups excluding carboxylic acids is 5. The van der Waals surface area contributed by atoms with Gasteiger partial charge in [0.05, 0.1) is 7.11 Å². The summed E-state index contributed by atoms with van der Waals surface area (Å²) >= 11 is 0. The number of amides is 5. The van der Waals surface area contributed by atoms with Crippen LogP contribution in [0.4, 0.5) is 4.79 Å². The number of carbonyl (C=O) groups is 5. The van der Waals surface area contributed by atoms with Gasteiger partial charge in [0.1, 0.15) is 24.7 Å². The van der Waals surface area contributed by atoms with E-state index in [1.54, 1.807) is 13.0 Å². The van der Waals surface area contributed by atoms with Crippen LogP contribution in [0.1, 0.15) is 12.5 Å². The van der Waals surface area contributed by atoms with Gasteiger partial charge in [0.25, 0.3) is 5.91 Å². The minimum atomic E-state index is -1.36. The van der Waals surface area contributed by atoms with Gasteiger partial charge >= 0.3 is 12.0 Å². The highest BCUT2D eigenvalue weighted by Crippen LogP contribution is 2.31. The van der Waals surface area contributed by atoms with E-state index in [4.69, 9.17) is 4.74 Å². The van der Waals surface area contributed by atoms with Crippen LogP contribution in [-0.4, -0.2) is 72.3 Å². The summed E-state index contributed by atoms with van der Waals surface area (Å²) in [6, 6.07) is 11.3. The topological polar surface area (TPSA) is 125 Å². The zero-order chi connectivity index (χ0) is 23.0. The zero-order valence-corrected chi connectivity index (χ0v) is 17.6. The Hall–Kier alpha value is -3.95. The maximum atomic E-state index is 13.2. The molecule has 2 aliphatic heterocycles. The van der Waals surface area contributed by atoms with Gasteiger partial charge in [-0.25, -0.2) is 9.59 Å². The Morgan fingerprint density at radius 1 is 1.12 bits per heavy atom. The molecule has 2 saturated heterocycles. The van der Waals surface area contributed by atoms with Gasteiger partial charge in [0.2, 0.25) is 11.8 Å². The second-order valence-electron chi connectivity index (χ2n) is 7.87. The number of methoxy groups -OCH3 is 1. The molecule has 0 unspecified atom stereocenters. The summed E-state index contributed by atoms with van der Waals surface area (Å²) in [6.45, 7) is 0.498. The van der Waals surface area contributed by atoms with Gasteiger partial charge in [-0.2, -0.15) is 0 Å². The Kier molecular flexibility index (Phi) is 5.29. The van der Waals surface area contributed by atoms with Crippen LogP contribution >= 0.6 is 0 Å². The molecular formula is C22H22N4O6. The third-order valence-corrected chi connectivity index (χ3v) is 5.87. The van der Waals surface area contributed by atoms with Crippen molar-refractivity contribution in [3.63, 3.8) is 0 Å². The number of esters is 1. The van der Waals surface area contributed by atoms with Crippen LogP contribution in [0, 0.1) is 0 Å². The molecule has 2 fully saturated rings. The fraction of sp³-hybridized carbons (Fsp3) is 0.318. The second-order valence-corrected chi connectivity index (χ2v) is 7.87. The molecule has 2 aromatic rings. The molecule has 2 aromatic carbocycles. The van der Waals surface area contributed by atoms with E-state index in [-0.39, 0.29) is 13.1 Å². The molecule has 32 heavy (non-hydrogen) atoms. The first-order valence-corrected chi connectivity index (χ1v) is 10.0. The molecule has 2 heterocycles. The van der Waals surface area contributed by atoms with E-state index in [0.717, 1.165) is 20.6 Å². The average Bonchev–Trinajstić information content (AvgIpc) is 3.01. The molecular weight excluding hydrogens is 416 g/mol. The van der Waals surface area contributed by atoms with E-state index >= 15 is 0 Å². The second kappa shape index (κ2) is 7.95. The minimum Gasteiger partial charge on any atom is -0.467 e. The number of nitrogens with one attached hydrogen (secondary N) is 2. The van der Waals surface area contributed by atoms with Crippen molar-refractivity contribution in [1.29, 1.82) is 0 Å². The standard InChI is InChI=1S/C22H22N4O6/c1-22(15-8-7-13-5-3-4-6-14(13)9-15)20(30)26(21(31)24-22)12-18(28)25-11-17(27)23-10-16(25)19(29)32-2/h3-9,16H,10-12H2,1-2H3,(H,23,27)(H,24,31)/t16-,22-/m0/s1. The summed E-state index contributed by atoms with van der Waals surface area (Å²) in [5.41, 5.74) is -0.781. The Bertz CT molecular complexity index is 1150. The summed E-state index contributed by atoms with van der Waals surface area (Å²) < 4.78 is 4.70. The monoisotopic (exact) mass is 438 g/mol. The first-order chi connectivity index (χ1) is 15.2. The highest BCUT2D eigenvalue weighted by Gasteiger charge is 2.50. The number of imide groups is 1. The number of hydrogen-bond acceptors (Lipinski definition) is 6. The van der Waals surface area contributed by atoms with Gasteiger partial charge < -0.3 is 20.3 Å². The summed E-state index contributed by atoms with van der Waals surface area (Å²) in [7, 11) is 1.17. The molecule has 2 aliphatic rings. The van der Waals surface area contributed by atoms with Crippen LogP contribution < -0.4 is 10.6 Å². The lowest BCUT2D eigenvalue weighted by Crippen LogP contribution is -2.61. The van der Waals surface area contributed by atoms with E-state index in [1.165, 1.54) is 7.11 Å². The predicted molar refractivity (Wildman–Crippen MR) is 112 cm³/mol. The van der Waals surface area contributed by atoms with Gasteiger partial charge in [-0.15, -0.1) is 0 Å². The molecule has 0 spiro atoms. The van der Waals surface area contributed by atoms with E-state index in [1.807, 2.05) is 36.4 Å². The number of urea groups is 1. The molecule has 0 aliphatic carbocycles. The molecule has 10 nitrogen and oxygen atoms in total. The lowest BCUT2D eigenvalue weighted by atomic mass is 9.90. The Labute approximate surface area is 183 Å². The zero-order valence-electron chi connectivity index (χ0n) is 17.6. The smallest absolute Gasteiger partial charge is 0.330 e. The number of piperazine rings is 1. The molecule has 5 amide bonds. The van der Waals surface area contributed by atoms with Crippen molar-refractivity contribution < 1.29 is 28.7 Å². The first-order valence-electron chi connectivity index (χ1n) is 10.0. The van der Waals surface area contributed by atoms with Crippen LogP contribution in [0.15, 0.2) is 42.5 Å². The number of hydrogen-bond donors (Lipinski definition) is 2. The Morgan fingerprint density at radius 2 is 1.84 bits per heavy atom. The van der Waals surface area contributed by atoms with Gasteiger partial charge in [0, 0.05) is 6.54 Å². The van der Waals surface area contributed by atoms with Gasteiger partial charge in [0.15, 0.2) is 0 Å². The third-order valence-electron chi connectivity index (χ3n) is 5.87. The van der Waals surface area contributed by atoms with Crippen molar-refractivity contribution in [1.82, 2.24) is 20.4 Å². The van der Waals surface area contributed by atoms with Crippen molar-refractivity contribution in [2.45, 2.75) is 18.5 Å².